The third-order valence-corrected chi connectivity index (χ3v) is 10.8. The molecule has 53 heavy (non-hydrogen) atoms. The third kappa shape index (κ3) is 4.61. The second-order valence-corrected chi connectivity index (χ2v) is 13.6. The molecule has 0 amide bonds. The maximum Gasteiger partial charge on any atom is 0.187 e. The molecule has 4 nitrogen and oxygen atoms in total. The minimum absolute atomic E-state index is 0.605. The fourth-order valence-corrected chi connectivity index (χ4v) is 8.45. The Morgan fingerprint density at radius 1 is 0.491 bits per heavy atom. The number of benzene rings is 7. The Hall–Kier alpha value is -7.09. The third-order valence-electron chi connectivity index (χ3n) is 10.8. The summed E-state index contributed by atoms with van der Waals surface area (Å²) >= 11 is 0. The lowest BCUT2D eigenvalue weighted by Gasteiger charge is -2.39. The van der Waals surface area contributed by atoms with E-state index in [-0.39, 0.29) is 0 Å². The number of para-hydroxylation sites is 2. The Morgan fingerprint density at radius 2 is 1.04 bits per heavy atom. The van der Waals surface area contributed by atoms with Crippen molar-refractivity contribution in [2.75, 3.05) is 0 Å². The number of aromatic nitrogens is 2. The zero-order valence-electron chi connectivity index (χ0n) is 28.9. The molecule has 0 radical (unpaired) electrons. The quantitative estimate of drug-likeness (QED) is 0.174. The van der Waals surface area contributed by atoms with E-state index in [2.05, 4.69) is 127 Å². The van der Waals surface area contributed by atoms with Gasteiger partial charge in [-0.15, -0.1) is 0 Å². The molecule has 0 saturated carbocycles. The second-order valence-electron chi connectivity index (χ2n) is 13.6. The van der Waals surface area contributed by atoms with Crippen LogP contribution >= 0.6 is 0 Å². The number of fused-ring (bicyclic) bond motifs is 9. The first kappa shape index (κ1) is 30.7. The highest BCUT2D eigenvalue weighted by Gasteiger charge is 2.51. The summed E-state index contributed by atoms with van der Waals surface area (Å²) in [5, 5.41) is 0. The molecule has 0 fully saturated rings. The van der Waals surface area contributed by atoms with Crippen molar-refractivity contribution in [3.63, 3.8) is 0 Å². The highest BCUT2D eigenvalue weighted by molar-refractivity contribution is 5.97. The minimum Gasteiger partial charge on any atom is -0.457 e. The van der Waals surface area contributed by atoms with Gasteiger partial charge in [0.15, 0.2) is 11.5 Å². The maximum absolute atomic E-state index is 7.94. The summed E-state index contributed by atoms with van der Waals surface area (Å²) in [7, 11) is 0. The van der Waals surface area contributed by atoms with E-state index in [1.807, 2.05) is 54.6 Å². The van der Waals surface area contributed by atoms with Gasteiger partial charge in [0.05, 0.1) is 23.4 Å². The van der Waals surface area contributed by atoms with E-state index in [4.69, 9.17) is 21.3 Å². The van der Waals surface area contributed by atoms with Crippen LogP contribution in [0.1, 0.15) is 27.8 Å². The fourth-order valence-electron chi connectivity index (χ4n) is 8.45. The lowest BCUT2D eigenvalue weighted by atomic mass is 9.66. The SMILES string of the molecule is [C-]#[N+]c1ccc2c(c1)-c1c(-c3ccc(-c4nc(-c5ccccc5)nc(-c5ccccc5)c4C)cc3)cccc1C21c2ccccc2Oc2ccccc21. The van der Waals surface area contributed by atoms with E-state index < -0.39 is 5.41 Å². The largest absolute Gasteiger partial charge is 0.457 e. The number of hydrogen-bond donors (Lipinski definition) is 0. The van der Waals surface area contributed by atoms with Gasteiger partial charge in [-0.2, -0.15) is 0 Å². The molecule has 0 N–H and O–H groups in total. The summed E-state index contributed by atoms with van der Waals surface area (Å²) in [6.07, 6.45) is 0. The van der Waals surface area contributed by atoms with Crippen LogP contribution in [0.15, 0.2) is 170 Å². The zero-order valence-corrected chi connectivity index (χ0v) is 28.9. The van der Waals surface area contributed by atoms with Crippen molar-refractivity contribution in [3.8, 4) is 67.7 Å². The summed E-state index contributed by atoms with van der Waals surface area (Å²) in [5.41, 5.74) is 14.9. The number of nitrogens with zero attached hydrogens (tertiary/aromatic N) is 3. The standard InChI is InChI=1S/C49H31N3O/c1-31-46(33-14-5-3-6-15-33)51-48(35-16-7-4-8-17-35)52-47(31)34-26-24-32(25-27-34)37-18-13-21-42-45(37)38-30-36(50-2)28-29-39(38)49(42)40-19-9-11-22-43(40)53-44-23-12-10-20-41(44)49/h3-30H,1H3. The van der Waals surface area contributed by atoms with Crippen LogP contribution in [0.5, 0.6) is 11.5 Å². The van der Waals surface area contributed by atoms with Crippen LogP contribution in [-0.4, -0.2) is 9.97 Å². The first-order valence-electron chi connectivity index (χ1n) is 17.8. The molecule has 8 aromatic rings. The summed E-state index contributed by atoms with van der Waals surface area (Å²) in [6, 6.07) is 58.8. The maximum atomic E-state index is 7.94. The second kappa shape index (κ2) is 12.0. The van der Waals surface area contributed by atoms with Crippen LogP contribution in [-0.2, 0) is 5.41 Å². The Kier molecular flexibility index (Phi) is 6.96. The predicted octanol–water partition coefficient (Wildman–Crippen LogP) is 12.5. The summed E-state index contributed by atoms with van der Waals surface area (Å²) < 4.78 is 6.53. The fraction of sp³-hybridized carbons (Fsp3) is 0.0408. The van der Waals surface area contributed by atoms with Crippen molar-refractivity contribution in [3.05, 3.63) is 209 Å². The first-order chi connectivity index (χ1) is 26.1. The van der Waals surface area contributed by atoms with Crippen LogP contribution in [0.25, 0.3) is 61.0 Å². The topological polar surface area (TPSA) is 39.4 Å². The predicted molar refractivity (Wildman–Crippen MR) is 212 cm³/mol. The highest BCUT2D eigenvalue weighted by Crippen LogP contribution is 2.63. The van der Waals surface area contributed by atoms with Crippen molar-refractivity contribution in [2.24, 2.45) is 0 Å². The molecular weight excluding hydrogens is 647 g/mol. The van der Waals surface area contributed by atoms with Crippen LogP contribution in [0.2, 0.25) is 0 Å². The van der Waals surface area contributed by atoms with Crippen LogP contribution in [0, 0.1) is 13.5 Å². The first-order valence-corrected chi connectivity index (χ1v) is 17.8. The molecule has 0 saturated heterocycles. The van der Waals surface area contributed by atoms with Gasteiger partial charge in [0.25, 0.3) is 0 Å². The number of hydrogen-bond acceptors (Lipinski definition) is 3. The van der Waals surface area contributed by atoms with Gasteiger partial charge in [0, 0.05) is 33.4 Å². The van der Waals surface area contributed by atoms with Crippen molar-refractivity contribution in [2.45, 2.75) is 12.3 Å². The van der Waals surface area contributed by atoms with Crippen molar-refractivity contribution in [1.82, 2.24) is 9.97 Å². The molecule has 0 bridgehead atoms. The minimum atomic E-state index is -0.605. The molecule has 1 aliphatic heterocycles. The Bertz CT molecular complexity index is 2720. The molecule has 1 aliphatic carbocycles. The van der Waals surface area contributed by atoms with Crippen LogP contribution < -0.4 is 4.74 Å². The zero-order chi connectivity index (χ0) is 35.5. The summed E-state index contributed by atoms with van der Waals surface area (Å²) in [5.74, 6) is 2.39. The molecule has 2 aliphatic rings. The van der Waals surface area contributed by atoms with Gasteiger partial charge in [-0.05, 0) is 58.5 Å². The van der Waals surface area contributed by atoms with E-state index in [9.17, 15) is 0 Å². The summed E-state index contributed by atoms with van der Waals surface area (Å²) in [6.45, 7) is 10.0. The Labute approximate surface area is 308 Å². The lowest BCUT2D eigenvalue weighted by Crippen LogP contribution is -2.32. The smallest absolute Gasteiger partial charge is 0.187 e. The average molecular weight is 678 g/mol. The Balaban J connectivity index is 1.17. The van der Waals surface area contributed by atoms with Gasteiger partial charge < -0.3 is 4.74 Å². The van der Waals surface area contributed by atoms with Crippen molar-refractivity contribution >= 4 is 5.69 Å². The molecule has 2 heterocycles. The molecule has 1 aromatic heterocycles. The lowest BCUT2D eigenvalue weighted by molar-refractivity contribution is 0.436. The van der Waals surface area contributed by atoms with Gasteiger partial charge in [-0.25, -0.2) is 14.8 Å². The van der Waals surface area contributed by atoms with Gasteiger partial charge >= 0.3 is 0 Å². The molecule has 248 valence electrons. The average Bonchev–Trinajstić information content (AvgIpc) is 3.52. The Morgan fingerprint density at radius 3 is 1.68 bits per heavy atom. The molecule has 1 spiro atoms. The van der Waals surface area contributed by atoms with Gasteiger partial charge in [-0.3, -0.25) is 0 Å². The number of rotatable bonds is 4. The van der Waals surface area contributed by atoms with Crippen LogP contribution in [0.3, 0.4) is 0 Å². The van der Waals surface area contributed by atoms with Gasteiger partial charge in [0.1, 0.15) is 11.5 Å². The normalized spacial score (nSPS) is 12.9. The van der Waals surface area contributed by atoms with Gasteiger partial charge in [-0.1, -0.05) is 152 Å². The van der Waals surface area contributed by atoms with E-state index in [0.29, 0.717) is 11.5 Å². The number of ether oxygens (including phenoxy) is 1. The van der Waals surface area contributed by atoms with Gasteiger partial charge in [0.2, 0.25) is 0 Å². The van der Waals surface area contributed by atoms with E-state index in [0.717, 1.165) is 84.1 Å². The van der Waals surface area contributed by atoms with E-state index in [1.165, 1.54) is 5.56 Å². The van der Waals surface area contributed by atoms with Crippen LogP contribution in [0.4, 0.5) is 5.69 Å². The molecule has 10 rings (SSSR count). The molecule has 7 aromatic carbocycles. The molecule has 0 unspecified atom stereocenters. The summed E-state index contributed by atoms with van der Waals surface area (Å²) in [4.78, 5) is 14.1. The van der Waals surface area contributed by atoms with E-state index >= 15 is 0 Å². The highest BCUT2D eigenvalue weighted by atomic mass is 16.5. The van der Waals surface area contributed by atoms with Crippen molar-refractivity contribution < 1.29 is 4.74 Å². The van der Waals surface area contributed by atoms with Crippen molar-refractivity contribution in [1.29, 1.82) is 0 Å². The van der Waals surface area contributed by atoms with E-state index in [1.54, 1.807) is 0 Å². The molecule has 0 atom stereocenters. The monoisotopic (exact) mass is 677 g/mol. The molecular formula is C49H31N3O. The molecule has 4 heteroatoms.